The molecule has 1 N–H and O–H groups in total. The Balaban J connectivity index is 2.27. The number of hydrogen-bond donors (Lipinski definition) is 1. The van der Waals surface area contributed by atoms with Crippen molar-refractivity contribution in [3.63, 3.8) is 0 Å². The van der Waals surface area contributed by atoms with Crippen LogP contribution in [0, 0.1) is 0 Å². The topological polar surface area (TPSA) is 55.8 Å². The predicted octanol–water partition coefficient (Wildman–Crippen LogP) is 2.47. The first-order chi connectivity index (χ1) is 6.14. The molecule has 4 nitrogen and oxygen atoms in total. The van der Waals surface area contributed by atoms with Gasteiger partial charge in [-0.1, -0.05) is 19.8 Å². The first kappa shape index (κ1) is 11.2. The second-order valence-electron chi connectivity index (χ2n) is 3.31. The number of hydrogen-bond acceptors (Lipinski definition) is 3. The van der Waals surface area contributed by atoms with Crippen molar-refractivity contribution in [2.45, 2.75) is 45.1 Å². The molecule has 0 bridgehead atoms. The van der Waals surface area contributed by atoms with Crippen molar-refractivity contribution >= 4 is 7.82 Å². The minimum Gasteiger partial charge on any atom is -0.302 e. The van der Waals surface area contributed by atoms with Gasteiger partial charge >= 0.3 is 7.82 Å². The summed E-state index contributed by atoms with van der Waals surface area (Å²) in [6, 6.07) is 0. The monoisotopic (exact) mass is 208 g/mol. The van der Waals surface area contributed by atoms with Gasteiger partial charge in [-0.15, -0.1) is 0 Å². The lowest BCUT2D eigenvalue weighted by Crippen LogP contribution is -2.07. The van der Waals surface area contributed by atoms with Gasteiger partial charge in [-0.3, -0.25) is 9.05 Å². The van der Waals surface area contributed by atoms with Crippen LogP contribution in [0.2, 0.25) is 0 Å². The largest absolute Gasteiger partial charge is 0.472 e. The SMILES string of the molecule is CCCOP(=O)(O)OC1CCCC1. The molecule has 0 aromatic heterocycles. The number of phosphoric acid groups is 1. The fraction of sp³-hybridized carbons (Fsp3) is 1.00. The lowest BCUT2D eigenvalue weighted by molar-refractivity contribution is 0.107. The van der Waals surface area contributed by atoms with Crippen LogP contribution in [0.15, 0.2) is 0 Å². The van der Waals surface area contributed by atoms with Crippen LogP contribution in [0.5, 0.6) is 0 Å². The number of phosphoric ester groups is 1. The van der Waals surface area contributed by atoms with Gasteiger partial charge in [-0.2, -0.15) is 0 Å². The van der Waals surface area contributed by atoms with Crippen molar-refractivity contribution in [1.29, 1.82) is 0 Å². The average Bonchev–Trinajstić information content (AvgIpc) is 2.52. The van der Waals surface area contributed by atoms with Crippen molar-refractivity contribution in [3.8, 4) is 0 Å². The molecule has 0 amide bonds. The summed E-state index contributed by atoms with van der Waals surface area (Å²) in [6.45, 7) is 2.16. The van der Waals surface area contributed by atoms with Crippen molar-refractivity contribution in [3.05, 3.63) is 0 Å². The normalized spacial score (nSPS) is 23.2. The standard InChI is InChI=1S/C8H17O4P/c1-2-7-11-13(9,10)12-8-5-3-4-6-8/h8H,2-7H2,1H3,(H,9,10). The number of rotatable bonds is 5. The maximum atomic E-state index is 11.2. The molecule has 0 aromatic rings. The molecule has 13 heavy (non-hydrogen) atoms. The van der Waals surface area contributed by atoms with Gasteiger partial charge in [0.25, 0.3) is 0 Å². The minimum atomic E-state index is -3.76. The molecule has 0 aromatic carbocycles. The molecule has 0 radical (unpaired) electrons. The van der Waals surface area contributed by atoms with E-state index in [-0.39, 0.29) is 12.7 Å². The molecule has 1 saturated carbocycles. The first-order valence-electron chi connectivity index (χ1n) is 4.80. The van der Waals surface area contributed by atoms with Crippen LogP contribution < -0.4 is 0 Å². The van der Waals surface area contributed by atoms with Gasteiger partial charge in [0.15, 0.2) is 0 Å². The van der Waals surface area contributed by atoms with Crippen molar-refractivity contribution in [2.24, 2.45) is 0 Å². The minimum absolute atomic E-state index is 0.0762. The molecule has 0 spiro atoms. The highest BCUT2D eigenvalue weighted by molar-refractivity contribution is 7.47. The Hall–Kier alpha value is 0.110. The molecule has 1 fully saturated rings. The lowest BCUT2D eigenvalue weighted by atomic mass is 10.3. The third kappa shape index (κ3) is 4.23. The molecule has 1 rings (SSSR count). The maximum Gasteiger partial charge on any atom is 0.472 e. The highest BCUT2D eigenvalue weighted by Gasteiger charge is 2.28. The summed E-state index contributed by atoms with van der Waals surface area (Å²) < 4.78 is 21.0. The predicted molar refractivity (Wildman–Crippen MR) is 49.4 cm³/mol. The summed E-state index contributed by atoms with van der Waals surface area (Å²) in [5.41, 5.74) is 0. The van der Waals surface area contributed by atoms with Crippen LogP contribution in [0.25, 0.3) is 0 Å². The third-order valence-corrected chi connectivity index (χ3v) is 3.12. The second-order valence-corrected chi connectivity index (χ2v) is 4.72. The summed E-state index contributed by atoms with van der Waals surface area (Å²) in [6.07, 6.45) is 4.56. The molecule has 0 heterocycles. The zero-order chi connectivity index (χ0) is 9.73. The van der Waals surface area contributed by atoms with E-state index < -0.39 is 7.82 Å². The zero-order valence-electron chi connectivity index (χ0n) is 7.94. The first-order valence-corrected chi connectivity index (χ1v) is 6.29. The van der Waals surface area contributed by atoms with Crippen LogP contribution in [0.1, 0.15) is 39.0 Å². The fourth-order valence-electron chi connectivity index (χ4n) is 1.42. The van der Waals surface area contributed by atoms with Gasteiger partial charge in [0, 0.05) is 0 Å². The summed E-state index contributed by atoms with van der Waals surface area (Å²) in [4.78, 5) is 9.22. The van der Waals surface area contributed by atoms with E-state index in [1.54, 1.807) is 0 Å². The zero-order valence-corrected chi connectivity index (χ0v) is 8.83. The Bertz CT molecular complexity index is 189. The molecule has 5 heteroatoms. The van der Waals surface area contributed by atoms with E-state index in [0.29, 0.717) is 0 Å². The highest BCUT2D eigenvalue weighted by Crippen LogP contribution is 2.47. The van der Waals surface area contributed by atoms with Crippen LogP contribution in [-0.4, -0.2) is 17.6 Å². The van der Waals surface area contributed by atoms with Gasteiger partial charge in [0.2, 0.25) is 0 Å². The van der Waals surface area contributed by atoms with Crippen molar-refractivity contribution in [1.82, 2.24) is 0 Å². The second kappa shape index (κ2) is 5.11. The van der Waals surface area contributed by atoms with Gasteiger partial charge in [0.05, 0.1) is 12.7 Å². The summed E-state index contributed by atoms with van der Waals surface area (Å²) in [5.74, 6) is 0. The van der Waals surface area contributed by atoms with Crippen molar-refractivity contribution in [2.75, 3.05) is 6.61 Å². The van der Waals surface area contributed by atoms with E-state index in [1.165, 1.54) is 0 Å². The molecule has 0 aliphatic heterocycles. The van der Waals surface area contributed by atoms with Gasteiger partial charge < -0.3 is 4.89 Å². The van der Waals surface area contributed by atoms with Gasteiger partial charge in [-0.25, -0.2) is 4.57 Å². The Labute approximate surface area is 78.9 Å². The Morgan fingerprint density at radius 1 is 1.46 bits per heavy atom. The van der Waals surface area contributed by atoms with Gasteiger partial charge in [0.1, 0.15) is 0 Å². The van der Waals surface area contributed by atoms with E-state index >= 15 is 0 Å². The van der Waals surface area contributed by atoms with E-state index in [9.17, 15) is 9.46 Å². The van der Waals surface area contributed by atoms with Crippen LogP contribution >= 0.6 is 7.82 Å². The molecule has 1 atom stereocenters. The quantitative estimate of drug-likeness (QED) is 0.705. The van der Waals surface area contributed by atoms with Crippen LogP contribution in [0.4, 0.5) is 0 Å². The smallest absolute Gasteiger partial charge is 0.302 e. The lowest BCUT2D eigenvalue weighted by Gasteiger charge is -2.15. The average molecular weight is 208 g/mol. The fourth-order valence-corrected chi connectivity index (χ4v) is 2.48. The summed E-state index contributed by atoms with van der Waals surface area (Å²) >= 11 is 0. The molecular formula is C8H17O4P. The molecule has 78 valence electrons. The summed E-state index contributed by atoms with van der Waals surface area (Å²) in [5, 5.41) is 0. The molecule has 0 saturated heterocycles. The van der Waals surface area contributed by atoms with E-state index in [1.807, 2.05) is 6.92 Å². The Kier molecular flexibility index (Phi) is 4.39. The molecular weight excluding hydrogens is 191 g/mol. The van der Waals surface area contributed by atoms with Crippen LogP contribution in [-0.2, 0) is 13.6 Å². The summed E-state index contributed by atoms with van der Waals surface area (Å²) in [7, 11) is -3.76. The molecule has 1 aliphatic carbocycles. The highest BCUT2D eigenvalue weighted by atomic mass is 31.2. The molecule has 1 aliphatic rings. The van der Waals surface area contributed by atoms with Crippen molar-refractivity contribution < 1.29 is 18.5 Å². The van der Waals surface area contributed by atoms with E-state index in [2.05, 4.69) is 0 Å². The van der Waals surface area contributed by atoms with E-state index in [0.717, 1.165) is 32.1 Å². The van der Waals surface area contributed by atoms with E-state index in [4.69, 9.17) is 9.05 Å². The van der Waals surface area contributed by atoms with Crippen LogP contribution in [0.3, 0.4) is 0 Å². The molecule has 1 unspecified atom stereocenters. The maximum absolute atomic E-state index is 11.2. The Morgan fingerprint density at radius 2 is 2.08 bits per heavy atom. The third-order valence-electron chi connectivity index (χ3n) is 2.04. The van der Waals surface area contributed by atoms with Gasteiger partial charge in [-0.05, 0) is 19.3 Å². The Morgan fingerprint density at radius 3 is 2.62 bits per heavy atom.